The largest absolute Gasteiger partial charge is 0.679 e. The molecule has 0 aliphatic carbocycles. The van der Waals surface area contributed by atoms with Gasteiger partial charge in [-0.15, -0.1) is 0 Å². The van der Waals surface area contributed by atoms with Gasteiger partial charge in [0, 0.05) is 26.4 Å². The molecular formula is C20H38O7Si. The fourth-order valence-corrected chi connectivity index (χ4v) is 4.17. The molecule has 0 heterocycles. The van der Waals surface area contributed by atoms with Crippen LogP contribution in [-0.4, -0.2) is 55.3 Å². The molecule has 7 nitrogen and oxygen atoms in total. The molecule has 0 aliphatic rings. The van der Waals surface area contributed by atoms with Crippen molar-refractivity contribution in [1.29, 1.82) is 0 Å². The van der Waals surface area contributed by atoms with Crippen LogP contribution in [0.1, 0.15) is 45.4 Å². The van der Waals surface area contributed by atoms with Crippen molar-refractivity contribution >= 4 is 9.05 Å². The molecule has 0 spiro atoms. The van der Waals surface area contributed by atoms with Crippen LogP contribution in [-0.2, 0) is 31.9 Å². The normalized spacial score (nSPS) is 11.0. The molecule has 0 amide bonds. The molecule has 0 saturated heterocycles. The van der Waals surface area contributed by atoms with Gasteiger partial charge in [0.25, 0.3) is 0 Å². The highest BCUT2D eigenvalue weighted by Crippen LogP contribution is 2.15. The van der Waals surface area contributed by atoms with Gasteiger partial charge < -0.3 is 31.9 Å². The zero-order chi connectivity index (χ0) is 20.8. The smallest absolute Gasteiger partial charge is 0.502 e. The van der Waals surface area contributed by atoms with E-state index in [1.54, 1.807) is 0 Å². The summed E-state index contributed by atoms with van der Waals surface area (Å²) in [5.74, 6) is 0. The molecule has 28 heavy (non-hydrogen) atoms. The lowest BCUT2D eigenvalue weighted by atomic mass is 10.3. The quantitative estimate of drug-likeness (QED) is 0.139. The van der Waals surface area contributed by atoms with Crippen molar-refractivity contribution < 1.29 is 31.9 Å². The maximum absolute atomic E-state index is 6.00. The second kappa shape index (κ2) is 20.4. The Hall–Kier alpha value is -1.32. The van der Waals surface area contributed by atoms with Gasteiger partial charge in [-0.25, -0.2) is 0 Å². The number of rotatable bonds is 23. The first kappa shape index (κ1) is 26.7. The summed E-state index contributed by atoms with van der Waals surface area (Å²) in [4.78, 5) is 0. The lowest BCUT2D eigenvalue weighted by Crippen LogP contribution is -2.50. The molecule has 8 heteroatoms. The topological polar surface area (TPSA) is 64.6 Å². The third-order valence-electron chi connectivity index (χ3n) is 3.48. The molecular weight excluding hydrogens is 380 g/mol. The van der Waals surface area contributed by atoms with Gasteiger partial charge in [-0.1, -0.05) is 19.7 Å². The van der Waals surface area contributed by atoms with Gasteiger partial charge in [0.15, 0.2) is 0 Å². The molecule has 0 atom stereocenters. The Morgan fingerprint density at radius 2 is 0.857 bits per heavy atom. The van der Waals surface area contributed by atoms with E-state index in [9.17, 15) is 0 Å². The summed E-state index contributed by atoms with van der Waals surface area (Å²) in [5, 5.41) is 0. The number of hydrogen-bond donors (Lipinski definition) is 0. The summed E-state index contributed by atoms with van der Waals surface area (Å²) in [5.41, 5.74) is 0. The van der Waals surface area contributed by atoms with E-state index in [0.29, 0.717) is 46.2 Å². The first-order valence-corrected chi connectivity index (χ1v) is 11.6. The van der Waals surface area contributed by atoms with Crippen molar-refractivity contribution in [2.45, 2.75) is 45.4 Å². The zero-order valence-electron chi connectivity index (χ0n) is 17.4. The standard InChI is InChI=1S/C20H38O7Si/c1-5-21-15-9-12-18-25-28(24-8-4,26-19-13-10-16-22-6-2)27-20-14-11-17-23-7-3/h5-7H,1-3,8-20H2,4H3. The van der Waals surface area contributed by atoms with E-state index in [1.165, 1.54) is 18.8 Å². The number of hydrogen-bond acceptors (Lipinski definition) is 7. The first-order chi connectivity index (χ1) is 13.7. The van der Waals surface area contributed by atoms with Crippen molar-refractivity contribution in [1.82, 2.24) is 0 Å². The van der Waals surface area contributed by atoms with Gasteiger partial charge in [0.2, 0.25) is 0 Å². The Morgan fingerprint density at radius 3 is 1.14 bits per heavy atom. The summed E-state index contributed by atoms with van der Waals surface area (Å²) in [6, 6.07) is 0. The van der Waals surface area contributed by atoms with Crippen molar-refractivity contribution in [3.63, 3.8) is 0 Å². The van der Waals surface area contributed by atoms with Gasteiger partial charge in [0.1, 0.15) is 0 Å². The summed E-state index contributed by atoms with van der Waals surface area (Å²) in [7, 11) is -3.18. The molecule has 0 aromatic rings. The third-order valence-corrected chi connectivity index (χ3v) is 5.80. The Morgan fingerprint density at radius 1 is 0.536 bits per heavy atom. The van der Waals surface area contributed by atoms with Gasteiger partial charge in [-0.3, -0.25) is 0 Å². The predicted molar refractivity (Wildman–Crippen MR) is 111 cm³/mol. The van der Waals surface area contributed by atoms with Crippen LogP contribution in [0.3, 0.4) is 0 Å². The van der Waals surface area contributed by atoms with Crippen molar-refractivity contribution in [3.8, 4) is 0 Å². The second-order valence-electron chi connectivity index (χ2n) is 5.71. The summed E-state index contributed by atoms with van der Waals surface area (Å²) in [6.07, 6.45) is 9.38. The summed E-state index contributed by atoms with van der Waals surface area (Å²) >= 11 is 0. The van der Waals surface area contributed by atoms with Crippen LogP contribution in [0.15, 0.2) is 38.5 Å². The Balaban J connectivity index is 4.45. The average molecular weight is 419 g/mol. The van der Waals surface area contributed by atoms with Crippen LogP contribution in [0.2, 0.25) is 0 Å². The van der Waals surface area contributed by atoms with Crippen LogP contribution in [0.25, 0.3) is 0 Å². The van der Waals surface area contributed by atoms with E-state index in [2.05, 4.69) is 19.7 Å². The molecule has 0 bridgehead atoms. The fourth-order valence-electron chi connectivity index (χ4n) is 2.13. The molecule has 164 valence electrons. The van der Waals surface area contributed by atoms with E-state index in [-0.39, 0.29) is 0 Å². The monoisotopic (exact) mass is 418 g/mol. The Labute approximate surface area is 171 Å². The number of unbranched alkanes of at least 4 members (excludes halogenated alkanes) is 3. The Kier molecular flexibility index (Phi) is 19.4. The highest BCUT2D eigenvalue weighted by Gasteiger charge is 2.45. The van der Waals surface area contributed by atoms with Crippen molar-refractivity contribution in [2.24, 2.45) is 0 Å². The molecule has 0 unspecified atom stereocenters. The Bertz CT molecular complexity index is 329. The van der Waals surface area contributed by atoms with E-state index in [0.717, 1.165) is 38.5 Å². The maximum atomic E-state index is 6.00. The molecule has 0 aromatic carbocycles. The van der Waals surface area contributed by atoms with E-state index in [4.69, 9.17) is 31.9 Å². The average Bonchev–Trinajstić information content (AvgIpc) is 2.70. The molecule has 0 saturated carbocycles. The van der Waals surface area contributed by atoms with Crippen LogP contribution >= 0.6 is 0 Å². The van der Waals surface area contributed by atoms with Crippen LogP contribution < -0.4 is 0 Å². The highest BCUT2D eigenvalue weighted by molar-refractivity contribution is 6.53. The molecule has 0 N–H and O–H groups in total. The summed E-state index contributed by atoms with van der Waals surface area (Å²) < 4.78 is 39.2. The minimum absolute atomic E-state index is 0.463. The molecule has 0 fully saturated rings. The zero-order valence-corrected chi connectivity index (χ0v) is 18.4. The first-order valence-electron chi connectivity index (χ1n) is 9.98. The van der Waals surface area contributed by atoms with Gasteiger partial charge >= 0.3 is 9.05 Å². The lowest BCUT2D eigenvalue weighted by Gasteiger charge is -2.28. The van der Waals surface area contributed by atoms with E-state index in [1.807, 2.05) is 6.92 Å². The van der Waals surface area contributed by atoms with Crippen LogP contribution in [0.5, 0.6) is 0 Å². The fraction of sp³-hybridized carbons (Fsp3) is 0.700. The van der Waals surface area contributed by atoms with Gasteiger partial charge in [-0.2, -0.15) is 0 Å². The molecule has 0 radical (unpaired) electrons. The van der Waals surface area contributed by atoms with Crippen molar-refractivity contribution in [2.75, 3.05) is 46.2 Å². The molecule has 0 aliphatic heterocycles. The van der Waals surface area contributed by atoms with E-state index < -0.39 is 9.05 Å². The lowest BCUT2D eigenvalue weighted by molar-refractivity contribution is -0.0355. The minimum Gasteiger partial charge on any atom is -0.502 e. The van der Waals surface area contributed by atoms with Crippen LogP contribution in [0.4, 0.5) is 0 Å². The highest BCUT2D eigenvalue weighted by atomic mass is 28.4. The molecule has 0 aromatic heterocycles. The van der Waals surface area contributed by atoms with Gasteiger partial charge in [-0.05, 0) is 45.4 Å². The maximum Gasteiger partial charge on any atom is 0.679 e. The van der Waals surface area contributed by atoms with E-state index >= 15 is 0 Å². The minimum atomic E-state index is -3.18. The van der Waals surface area contributed by atoms with Crippen LogP contribution in [0, 0.1) is 0 Å². The summed E-state index contributed by atoms with van der Waals surface area (Å²) in [6.45, 7) is 16.3. The predicted octanol–water partition coefficient (Wildman–Crippen LogP) is 4.33. The second-order valence-corrected chi connectivity index (χ2v) is 7.87. The SMILES string of the molecule is C=COCCCCO[Si](OCC)(OCCCCOC=C)OCCCCOC=C. The number of ether oxygens (including phenoxy) is 3. The molecule has 0 rings (SSSR count). The third kappa shape index (κ3) is 15.7. The van der Waals surface area contributed by atoms with Crippen molar-refractivity contribution in [3.05, 3.63) is 38.5 Å². The van der Waals surface area contributed by atoms with Gasteiger partial charge in [0.05, 0.1) is 38.6 Å².